The van der Waals surface area contributed by atoms with Crippen LogP contribution in [-0.2, 0) is 27.8 Å². The van der Waals surface area contributed by atoms with Gasteiger partial charge in [-0.15, -0.1) is 21.5 Å². The van der Waals surface area contributed by atoms with Crippen molar-refractivity contribution in [2.45, 2.75) is 56.2 Å². The van der Waals surface area contributed by atoms with Crippen LogP contribution >= 0.6 is 11.3 Å². The van der Waals surface area contributed by atoms with Gasteiger partial charge in [-0.3, -0.25) is 4.79 Å². The molecule has 0 aliphatic carbocycles. The number of aryl methyl sites for hydroxylation is 2. The summed E-state index contributed by atoms with van der Waals surface area (Å²) in [5, 5.41) is 11.7. The van der Waals surface area contributed by atoms with Gasteiger partial charge in [0.1, 0.15) is 10.0 Å². The fraction of sp³-hybridized carbons (Fsp3) is 0.458. The molecular formula is C24H29N5O3S2. The van der Waals surface area contributed by atoms with Gasteiger partial charge in [-0.05, 0) is 69.0 Å². The molecule has 1 saturated heterocycles. The van der Waals surface area contributed by atoms with Gasteiger partial charge in [0, 0.05) is 42.2 Å². The van der Waals surface area contributed by atoms with Crippen LogP contribution in [0.3, 0.4) is 0 Å². The first kappa shape index (κ1) is 23.2. The van der Waals surface area contributed by atoms with Crippen LogP contribution in [0.4, 0.5) is 5.69 Å². The Bertz CT molecular complexity index is 1280. The third-order valence-corrected chi connectivity index (χ3v) is 9.92. The predicted molar refractivity (Wildman–Crippen MR) is 132 cm³/mol. The molecule has 1 atom stereocenters. The van der Waals surface area contributed by atoms with Crippen LogP contribution in [0.2, 0.25) is 0 Å². The first-order chi connectivity index (χ1) is 16.4. The Morgan fingerprint density at radius 2 is 1.85 bits per heavy atom. The minimum atomic E-state index is -3.56. The molecule has 8 nitrogen and oxygen atoms in total. The zero-order valence-electron chi connectivity index (χ0n) is 19.2. The van der Waals surface area contributed by atoms with Crippen molar-refractivity contribution in [1.82, 2.24) is 19.1 Å². The second-order valence-corrected chi connectivity index (χ2v) is 12.5. The molecule has 0 bridgehead atoms. The first-order valence-corrected chi connectivity index (χ1v) is 14.1. The molecule has 0 spiro atoms. The highest BCUT2D eigenvalue weighted by molar-refractivity contribution is 7.91. The number of aromatic nitrogens is 3. The minimum absolute atomic E-state index is 0.147. The van der Waals surface area contributed by atoms with E-state index in [1.54, 1.807) is 6.07 Å². The molecule has 0 radical (unpaired) electrons. The van der Waals surface area contributed by atoms with E-state index in [0.717, 1.165) is 47.9 Å². The van der Waals surface area contributed by atoms with Crippen molar-refractivity contribution in [3.63, 3.8) is 0 Å². The van der Waals surface area contributed by atoms with E-state index >= 15 is 0 Å². The van der Waals surface area contributed by atoms with Gasteiger partial charge in [0.25, 0.3) is 10.0 Å². The molecule has 0 saturated carbocycles. The molecule has 1 unspecified atom stereocenters. The third-order valence-electron chi connectivity index (χ3n) is 6.58. The topological polar surface area (TPSA) is 97.2 Å². The quantitative estimate of drug-likeness (QED) is 0.571. The molecule has 3 aromatic rings. The van der Waals surface area contributed by atoms with Crippen LogP contribution in [0, 0.1) is 12.8 Å². The number of carbonyl (C=O) groups excluding carboxylic acids is 1. The van der Waals surface area contributed by atoms with E-state index < -0.39 is 10.0 Å². The van der Waals surface area contributed by atoms with E-state index in [2.05, 4.69) is 20.1 Å². The summed E-state index contributed by atoms with van der Waals surface area (Å²) in [5.41, 5.74) is 1.66. The van der Waals surface area contributed by atoms with Gasteiger partial charge in [-0.2, -0.15) is 4.31 Å². The van der Waals surface area contributed by atoms with Crippen LogP contribution in [-0.4, -0.2) is 46.5 Å². The van der Waals surface area contributed by atoms with Crippen LogP contribution in [0.25, 0.3) is 11.4 Å². The number of piperidine rings is 1. The van der Waals surface area contributed by atoms with Crippen LogP contribution in [0.5, 0.6) is 0 Å². The minimum Gasteiger partial charge on any atom is -0.326 e. The zero-order chi connectivity index (χ0) is 23.7. The van der Waals surface area contributed by atoms with Gasteiger partial charge >= 0.3 is 0 Å². The highest BCUT2D eigenvalue weighted by Crippen LogP contribution is 2.29. The number of sulfonamides is 1. The Morgan fingerprint density at radius 3 is 2.62 bits per heavy atom. The van der Waals surface area contributed by atoms with Crippen molar-refractivity contribution in [2.24, 2.45) is 5.92 Å². The number of rotatable bonds is 5. The highest BCUT2D eigenvalue weighted by Gasteiger charge is 2.34. The summed E-state index contributed by atoms with van der Waals surface area (Å²) in [7, 11) is -3.56. The van der Waals surface area contributed by atoms with E-state index in [4.69, 9.17) is 0 Å². The van der Waals surface area contributed by atoms with Gasteiger partial charge in [-0.25, -0.2) is 8.42 Å². The summed E-state index contributed by atoms with van der Waals surface area (Å²) in [4.78, 5) is 13.9. The molecule has 1 amide bonds. The third kappa shape index (κ3) is 4.67. The lowest BCUT2D eigenvalue weighted by Crippen LogP contribution is -2.43. The van der Waals surface area contributed by atoms with Gasteiger partial charge in [-0.1, -0.05) is 6.42 Å². The number of hydrogen-bond acceptors (Lipinski definition) is 6. The molecule has 1 fully saturated rings. The second kappa shape index (κ2) is 9.59. The van der Waals surface area contributed by atoms with Gasteiger partial charge < -0.3 is 9.88 Å². The number of nitrogens with one attached hydrogen (secondary N) is 1. The Hall–Kier alpha value is -2.56. The average molecular weight is 500 g/mol. The summed E-state index contributed by atoms with van der Waals surface area (Å²) in [5.74, 6) is 1.38. The van der Waals surface area contributed by atoms with Crippen molar-refractivity contribution in [2.75, 3.05) is 18.4 Å². The molecule has 2 aliphatic heterocycles. The largest absolute Gasteiger partial charge is 0.326 e. The van der Waals surface area contributed by atoms with Crippen LogP contribution in [0.1, 0.15) is 42.8 Å². The maximum Gasteiger partial charge on any atom is 0.252 e. The maximum atomic E-state index is 13.0. The van der Waals surface area contributed by atoms with Crippen LogP contribution < -0.4 is 5.32 Å². The normalized spacial score (nSPS) is 19.4. The molecule has 4 heterocycles. The molecule has 1 aromatic carbocycles. The maximum absolute atomic E-state index is 13.0. The summed E-state index contributed by atoms with van der Waals surface area (Å²) in [6.45, 7) is 3.47. The number of fused-ring (bicyclic) bond motifs is 1. The number of benzene rings is 1. The van der Waals surface area contributed by atoms with Gasteiger partial charge in [0.2, 0.25) is 5.91 Å². The van der Waals surface area contributed by atoms with Crippen molar-refractivity contribution < 1.29 is 13.2 Å². The molecule has 1 N–H and O–H groups in total. The molecule has 10 heteroatoms. The van der Waals surface area contributed by atoms with Crippen molar-refractivity contribution >= 4 is 33.0 Å². The Kier molecular flexibility index (Phi) is 6.54. The molecule has 2 aromatic heterocycles. The van der Waals surface area contributed by atoms with E-state index in [9.17, 15) is 13.2 Å². The van der Waals surface area contributed by atoms with E-state index in [1.165, 1.54) is 22.1 Å². The number of carbonyl (C=O) groups is 1. The fourth-order valence-electron chi connectivity index (χ4n) is 4.70. The summed E-state index contributed by atoms with van der Waals surface area (Å²) in [6, 6.07) is 11.1. The summed E-state index contributed by atoms with van der Waals surface area (Å²) < 4.78 is 30.0. The summed E-state index contributed by atoms with van der Waals surface area (Å²) >= 11 is 1.27. The highest BCUT2D eigenvalue weighted by atomic mass is 32.2. The molecule has 180 valence electrons. The van der Waals surface area contributed by atoms with E-state index in [0.29, 0.717) is 29.3 Å². The van der Waals surface area contributed by atoms with Gasteiger partial charge in [0.05, 0.1) is 5.92 Å². The molecule has 2 aliphatic rings. The Balaban J connectivity index is 1.25. The predicted octanol–water partition coefficient (Wildman–Crippen LogP) is 4.08. The van der Waals surface area contributed by atoms with E-state index in [-0.39, 0.29) is 18.4 Å². The second-order valence-electron chi connectivity index (χ2n) is 9.04. The molecular weight excluding hydrogens is 470 g/mol. The average Bonchev–Trinajstić information content (AvgIpc) is 3.39. The monoisotopic (exact) mass is 499 g/mol. The van der Waals surface area contributed by atoms with Crippen molar-refractivity contribution in [1.29, 1.82) is 0 Å². The lowest BCUT2D eigenvalue weighted by molar-refractivity contribution is -0.120. The summed E-state index contributed by atoms with van der Waals surface area (Å²) in [6.07, 6.45) is 5.79. The fourth-order valence-corrected chi connectivity index (χ4v) is 7.66. The van der Waals surface area contributed by atoms with E-state index in [1.807, 2.05) is 37.3 Å². The first-order valence-electron chi connectivity index (χ1n) is 11.8. The van der Waals surface area contributed by atoms with Crippen molar-refractivity contribution in [3.8, 4) is 11.4 Å². The van der Waals surface area contributed by atoms with Gasteiger partial charge in [0.15, 0.2) is 5.82 Å². The standard InChI is InChI=1S/C24H29N5O3S2/c1-17-8-13-22(33-17)34(31,32)28-14-5-6-19(16-28)24(30)25-20-11-9-18(10-12-20)23-27-26-21-7-3-2-4-15-29(21)23/h8-13,19H,2-7,14-16H2,1H3,(H,25,30). The number of hydrogen-bond donors (Lipinski definition) is 1. The molecule has 5 rings (SSSR count). The van der Waals surface area contributed by atoms with Crippen LogP contribution in [0.15, 0.2) is 40.6 Å². The Labute approximate surface area is 204 Å². The number of amides is 1. The smallest absolute Gasteiger partial charge is 0.252 e. The number of anilines is 1. The number of nitrogens with zero attached hydrogens (tertiary/aromatic N) is 4. The lowest BCUT2D eigenvalue weighted by atomic mass is 9.98. The number of thiophene rings is 1. The van der Waals surface area contributed by atoms with Crippen molar-refractivity contribution in [3.05, 3.63) is 47.1 Å². The Morgan fingerprint density at radius 1 is 1.03 bits per heavy atom. The molecule has 34 heavy (non-hydrogen) atoms. The SMILES string of the molecule is Cc1ccc(S(=O)(=O)N2CCCC(C(=O)Nc3ccc(-c4nnc5n4CCCCC5)cc3)C2)s1. The zero-order valence-corrected chi connectivity index (χ0v) is 20.9. The lowest BCUT2D eigenvalue weighted by Gasteiger charge is -2.30.